The summed E-state index contributed by atoms with van der Waals surface area (Å²) >= 11 is 0. The van der Waals surface area contributed by atoms with Crippen molar-refractivity contribution >= 4 is 5.70 Å². The molecule has 0 atom stereocenters. The van der Waals surface area contributed by atoms with Crippen molar-refractivity contribution in [1.29, 1.82) is 0 Å². The molecule has 0 spiro atoms. The molecule has 0 aliphatic carbocycles. The van der Waals surface area contributed by atoms with Gasteiger partial charge in [0, 0.05) is 12.6 Å². The van der Waals surface area contributed by atoms with Gasteiger partial charge in [-0.1, -0.05) is 36.1 Å². The lowest BCUT2D eigenvalue weighted by Crippen LogP contribution is -2.02. The van der Waals surface area contributed by atoms with Crippen LogP contribution in [-0.2, 0) is 0 Å². The maximum atomic E-state index is 3.13. The van der Waals surface area contributed by atoms with E-state index >= 15 is 0 Å². The minimum absolute atomic E-state index is 1.03. The van der Waals surface area contributed by atoms with Crippen molar-refractivity contribution < 1.29 is 0 Å². The fraction of sp³-hybridized carbons (Fsp3) is 0.182. The lowest BCUT2D eigenvalue weighted by atomic mass is 10.2. The highest BCUT2D eigenvalue weighted by Crippen LogP contribution is 2.07. The third kappa shape index (κ3) is 2.01. The number of hydrogen-bond acceptors (Lipinski definition) is 1. The maximum Gasteiger partial charge on any atom is 0.0841 e. The molecular weight excluding hydrogens is 146 g/mol. The molecule has 0 bridgehead atoms. The molecule has 0 heterocycles. The Morgan fingerprint density at radius 1 is 1.33 bits per heavy atom. The molecule has 0 aromatic heterocycles. The fourth-order valence-corrected chi connectivity index (χ4v) is 1.05. The van der Waals surface area contributed by atoms with Crippen LogP contribution >= 0.6 is 0 Å². The van der Waals surface area contributed by atoms with E-state index in [1.165, 1.54) is 0 Å². The Hall–Kier alpha value is -1.46. The predicted molar refractivity (Wildman–Crippen MR) is 52.7 cm³/mol. The van der Waals surface area contributed by atoms with E-state index in [1.54, 1.807) is 0 Å². The Kier molecular flexibility index (Phi) is 3.18. The van der Waals surface area contributed by atoms with Crippen LogP contribution in [0.3, 0.4) is 0 Å². The molecule has 12 heavy (non-hydrogen) atoms. The van der Waals surface area contributed by atoms with Gasteiger partial charge >= 0.3 is 0 Å². The van der Waals surface area contributed by atoms with Crippen LogP contribution in [0.2, 0.25) is 0 Å². The quantitative estimate of drug-likeness (QED) is 0.653. The normalized spacial score (nSPS) is 8.50. The fourth-order valence-electron chi connectivity index (χ4n) is 1.05. The summed E-state index contributed by atoms with van der Waals surface area (Å²) in [6.45, 7) is 1.96. The molecule has 0 unspecified atom stereocenters. The minimum Gasteiger partial charge on any atom is -0.381 e. The van der Waals surface area contributed by atoms with Crippen LogP contribution in [0.1, 0.15) is 12.5 Å². The van der Waals surface area contributed by atoms with Crippen molar-refractivity contribution in [3.8, 4) is 0 Å². The summed E-state index contributed by atoms with van der Waals surface area (Å²) in [4.78, 5) is 0. The zero-order valence-corrected chi connectivity index (χ0v) is 7.46. The zero-order valence-electron chi connectivity index (χ0n) is 7.46. The maximum absolute atomic E-state index is 3.13. The highest BCUT2D eigenvalue weighted by atomic mass is 14.8. The second-order valence-electron chi connectivity index (χ2n) is 2.42. The van der Waals surface area contributed by atoms with Gasteiger partial charge in [0.05, 0.1) is 5.70 Å². The highest BCUT2D eigenvalue weighted by molar-refractivity contribution is 5.62. The van der Waals surface area contributed by atoms with Gasteiger partial charge in [-0.2, -0.15) is 0 Å². The largest absolute Gasteiger partial charge is 0.381 e. The van der Waals surface area contributed by atoms with Crippen LogP contribution in [0.25, 0.3) is 5.70 Å². The van der Waals surface area contributed by atoms with E-state index in [1.807, 2.05) is 38.2 Å². The Bertz CT molecular complexity index is 292. The van der Waals surface area contributed by atoms with E-state index in [2.05, 4.69) is 23.2 Å². The molecule has 0 aliphatic heterocycles. The molecule has 1 aromatic carbocycles. The average Bonchev–Trinajstić information content (AvgIpc) is 2.15. The second kappa shape index (κ2) is 4.42. The lowest BCUT2D eigenvalue weighted by molar-refractivity contribution is 1.13. The Morgan fingerprint density at radius 2 is 2.00 bits per heavy atom. The van der Waals surface area contributed by atoms with Crippen LogP contribution in [0.15, 0.2) is 42.1 Å². The molecule has 62 valence electrons. The summed E-state index contributed by atoms with van der Waals surface area (Å²) in [7, 11) is 1.90. The van der Waals surface area contributed by atoms with E-state index in [9.17, 15) is 0 Å². The zero-order chi connectivity index (χ0) is 8.81. The van der Waals surface area contributed by atoms with Gasteiger partial charge in [0.25, 0.3) is 0 Å². The second-order valence-corrected chi connectivity index (χ2v) is 2.42. The first-order valence-electron chi connectivity index (χ1n) is 4.03. The van der Waals surface area contributed by atoms with Crippen LogP contribution < -0.4 is 5.32 Å². The van der Waals surface area contributed by atoms with Crippen LogP contribution in [0, 0.1) is 0 Å². The van der Waals surface area contributed by atoms with E-state index in [0.29, 0.717) is 0 Å². The van der Waals surface area contributed by atoms with Gasteiger partial charge in [-0.05, 0) is 13.0 Å². The number of rotatable bonds is 2. The molecule has 0 saturated carbocycles. The summed E-state index contributed by atoms with van der Waals surface area (Å²) in [6, 6.07) is 10.2. The number of benzene rings is 1. The predicted octanol–water partition coefficient (Wildman–Crippen LogP) is 2.42. The lowest BCUT2D eigenvalue weighted by Gasteiger charge is -2.02. The van der Waals surface area contributed by atoms with Crippen molar-refractivity contribution in [1.82, 2.24) is 5.32 Å². The highest BCUT2D eigenvalue weighted by Gasteiger charge is 1.93. The first-order chi connectivity index (χ1) is 5.88. The van der Waals surface area contributed by atoms with Crippen LogP contribution in [0.4, 0.5) is 0 Å². The summed E-state index contributed by atoms with van der Waals surface area (Å²) in [5.74, 6) is 0. The number of nitrogens with one attached hydrogen (secondary N) is 1. The van der Waals surface area contributed by atoms with Crippen molar-refractivity contribution in [2.75, 3.05) is 7.05 Å². The summed E-state index contributed by atoms with van der Waals surface area (Å²) in [5.41, 5.74) is 5.32. The number of allylic oxidation sites excluding steroid dienone is 1. The van der Waals surface area contributed by atoms with Crippen molar-refractivity contribution in [2.45, 2.75) is 6.92 Å². The summed E-state index contributed by atoms with van der Waals surface area (Å²) in [6.07, 6.45) is 1.90. The molecule has 0 saturated heterocycles. The molecule has 1 N–H and O–H groups in total. The van der Waals surface area contributed by atoms with Gasteiger partial charge in [-0.25, -0.2) is 0 Å². The third-order valence-electron chi connectivity index (χ3n) is 1.60. The van der Waals surface area contributed by atoms with Crippen molar-refractivity contribution in [2.24, 2.45) is 0 Å². The Labute approximate surface area is 73.4 Å². The molecule has 1 rings (SSSR count). The molecule has 0 radical (unpaired) electrons. The molecule has 0 aliphatic rings. The molecule has 0 amide bonds. The van der Waals surface area contributed by atoms with E-state index in [4.69, 9.17) is 0 Å². The van der Waals surface area contributed by atoms with Gasteiger partial charge in [-0.15, -0.1) is 0 Å². The topological polar surface area (TPSA) is 12.0 Å². The van der Waals surface area contributed by atoms with E-state index in [0.717, 1.165) is 11.3 Å². The van der Waals surface area contributed by atoms with Crippen LogP contribution in [0.5, 0.6) is 0 Å². The van der Waals surface area contributed by atoms with E-state index in [-0.39, 0.29) is 0 Å². The van der Waals surface area contributed by atoms with Gasteiger partial charge in [0.2, 0.25) is 0 Å². The molecule has 0 fully saturated rings. The van der Waals surface area contributed by atoms with Crippen LogP contribution in [-0.4, -0.2) is 7.05 Å². The minimum atomic E-state index is 1.03. The SMILES string of the molecule is CC=C=C(NC)c1ccccc1. The van der Waals surface area contributed by atoms with Gasteiger partial charge in [-0.3, -0.25) is 0 Å². The van der Waals surface area contributed by atoms with Crippen molar-refractivity contribution in [3.05, 3.63) is 47.7 Å². The monoisotopic (exact) mass is 159 g/mol. The van der Waals surface area contributed by atoms with Crippen molar-refractivity contribution in [3.63, 3.8) is 0 Å². The first-order valence-corrected chi connectivity index (χ1v) is 4.03. The summed E-state index contributed by atoms with van der Waals surface area (Å²) in [5, 5.41) is 3.09. The Morgan fingerprint density at radius 3 is 2.50 bits per heavy atom. The molecular formula is C11H13N. The average molecular weight is 159 g/mol. The third-order valence-corrected chi connectivity index (χ3v) is 1.60. The summed E-state index contributed by atoms with van der Waals surface area (Å²) < 4.78 is 0. The standard InChI is InChI=1S/C11H13N/c1-3-7-11(12-2)10-8-5-4-6-9-10/h3-6,8-9,12H,1-2H3. The van der Waals surface area contributed by atoms with Gasteiger partial charge < -0.3 is 5.32 Å². The van der Waals surface area contributed by atoms with E-state index < -0.39 is 0 Å². The van der Waals surface area contributed by atoms with Gasteiger partial charge in [0.15, 0.2) is 0 Å². The first kappa shape index (κ1) is 8.63. The molecule has 1 aromatic rings. The molecule has 1 heteroatoms. The Balaban J connectivity index is 3.05. The molecule has 1 nitrogen and oxygen atoms in total. The number of hydrogen-bond donors (Lipinski definition) is 1. The van der Waals surface area contributed by atoms with Gasteiger partial charge in [0.1, 0.15) is 0 Å². The smallest absolute Gasteiger partial charge is 0.0841 e.